The first-order valence-corrected chi connectivity index (χ1v) is 18.6. The van der Waals surface area contributed by atoms with Crippen LogP contribution in [0, 0.1) is 0 Å². The second kappa shape index (κ2) is 23.5. The van der Waals surface area contributed by atoms with Gasteiger partial charge in [-0.05, 0) is 114 Å². The fourth-order valence-corrected chi connectivity index (χ4v) is 5.90. The third kappa shape index (κ3) is 17.5. The molecule has 1 amide bonds. The Hall–Kier alpha value is -2.90. The van der Waals surface area contributed by atoms with Crippen LogP contribution in [0.5, 0.6) is 5.75 Å². The number of aliphatic hydroxyl groups excluding tert-OH is 2. The molecule has 0 unspecified atom stereocenters. The minimum Gasteiger partial charge on any atom is -0.487 e. The zero-order valence-corrected chi connectivity index (χ0v) is 30.7. The van der Waals surface area contributed by atoms with Gasteiger partial charge in [-0.25, -0.2) is 4.79 Å². The number of hydrogen-bond acceptors (Lipinski definition) is 6. The Bertz CT molecular complexity index is 1180. The molecule has 0 aliphatic carbocycles. The quantitative estimate of drug-likeness (QED) is 0.0496. The standard InChI is InChI=1S/C41H65NO6/c1-6-7-8-15-18-37(44)19-16-13-11-9-10-12-14-17-20-38(45)42(27-29-43)28-30-47-39(46)24-22-34-31-35(23-21-33(2)3)40-36(32-34)25-26-41(4,5)48-40/h13,16,21-22,24,31-32,37,43-44H,6-12,14-15,17-20,23,25-30H2,1-5H3/b16-13-,24-22+/t37-/m0/s1. The van der Waals surface area contributed by atoms with Crippen LogP contribution in [-0.4, -0.2) is 65.0 Å². The number of aryl methyl sites for hydroxylation is 1. The zero-order chi connectivity index (χ0) is 35.2. The summed E-state index contributed by atoms with van der Waals surface area (Å²) >= 11 is 0. The van der Waals surface area contributed by atoms with Gasteiger partial charge in [-0.3, -0.25) is 4.79 Å². The predicted octanol–water partition coefficient (Wildman–Crippen LogP) is 8.68. The van der Waals surface area contributed by atoms with Crippen LogP contribution in [-0.2, 0) is 27.2 Å². The number of carbonyl (C=O) groups excluding carboxylic acids is 2. The number of aliphatic hydroxyl groups is 2. The average molecular weight is 668 g/mol. The van der Waals surface area contributed by atoms with Crippen molar-refractivity contribution in [3.63, 3.8) is 0 Å². The van der Waals surface area contributed by atoms with Crippen LogP contribution >= 0.6 is 0 Å². The van der Waals surface area contributed by atoms with Crippen LogP contribution in [0.15, 0.2) is 42.0 Å². The van der Waals surface area contributed by atoms with Crippen LogP contribution in [0.1, 0.15) is 141 Å². The molecule has 0 saturated heterocycles. The number of unbranched alkanes of at least 4 members (excludes halogenated alkanes) is 8. The van der Waals surface area contributed by atoms with Crippen molar-refractivity contribution in [3.8, 4) is 5.75 Å². The molecule has 0 saturated carbocycles. The summed E-state index contributed by atoms with van der Waals surface area (Å²) in [6.45, 7) is 11.0. The summed E-state index contributed by atoms with van der Waals surface area (Å²) in [4.78, 5) is 26.9. The van der Waals surface area contributed by atoms with Gasteiger partial charge in [0.15, 0.2) is 0 Å². The van der Waals surface area contributed by atoms with Crippen molar-refractivity contribution in [1.29, 1.82) is 0 Å². The molecule has 1 heterocycles. The Kier molecular flexibility index (Phi) is 20.2. The molecule has 0 fully saturated rings. The number of ether oxygens (including phenoxy) is 2. The molecule has 270 valence electrons. The second-order valence-corrected chi connectivity index (χ2v) is 14.1. The summed E-state index contributed by atoms with van der Waals surface area (Å²) in [6, 6.07) is 4.16. The first kappa shape index (κ1) is 41.3. The maximum atomic E-state index is 12.8. The SMILES string of the molecule is CCCCCC[C@H](O)C/C=C\CCCCCCCC(=O)N(CCO)CCOC(=O)/C=C/c1cc(CC=C(C)C)c2c(c1)CCC(C)(C)O2. The van der Waals surface area contributed by atoms with E-state index in [1.54, 1.807) is 11.0 Å². The first-order valence-electron chi connectivity index (χ1n) is 18.6. The van der Waals surface area contributed by atoms with Crippen molar-refractivity contribution in [2.45, 2.75) is 149 Å². The van der Waals surface area contributed by atoms with E-state index in [-0.39, 0.29) is 43.9 Å². The highest BCUT2D eigenvalue weighted by molar-refractivity contribution is 5.87. The molecule has 0 radical (unpaired) electrons. The topological polar surface area (TPSA) is 96.3 Å². The van der Waals surface area contributed by atoms with E-state index in [2.05, 4.69) is 65.0 Å². The van der Waals surface area contributed by atoms with Crippen LogP contribution < -0.4 is 4.74 Å². The smallest absolute Gasteiger partial charge is 0.330 e. The number of rotatable bonds is 24. The Balaban J connectivity index is 1.69. The molecule has 2 rings (SSSR count). The van der Waals surface area contributed by atoms with Gasteiger partial charge in [0, 0.05) is 19.0 Å². The Morgan fingerprint density at radius 1 is 1.02 bits per heavy atom. The van der Waals surface area contributed by atoms with Gasteiger partial charge in [-0.1, -0.05) is 75.7 Å². The van der Waals surface area contributed by atoms with Crippen molar-refractivity contribution in [1.82, 2.24) is 4.90 Å². The molecular weight excluding hydrogens is 602 g/mol. The van der Waals surface area contributed by atoms with Gasteiger partial charge in [0.2, 0.25) is 5.91 Å². The maximum absolute atomic E-state index is 12.8. The summed E-state index contributed by atoms with van der Waals surface area (Å²) in [7, 11) is 0. The third-order valence-corrected chi connectivity index (χ3v) is 8.84. The normalized spacial score (nSPS) is 14.5. The lowest BCUT2D eigenvalue weighted by atomic mass is 9.90. The molecule has 7 nitrogen and oxygen atoms in total. The van der Waals surface area contributed by atoms with Gasteiger partial charge >= 0.3 is 5.97 Å². The van der Waals surface area contributed by atoms with E-state index in [0.717, 1.165) is 99.5 Å². The number of carbonyl (C=O) groups is 2. The monoisotopic (exact) mass is 667 g/mol. The molecule has 7 heteroatoms. The number of amides is 1. The van der Waals surface area contributed by atoms with Gasteiger partial charge in [0.25, 0.3) is 0 Å². The molecule has 0 aromatic heterocycles. The molecule has 48 heavy (non-hydrogen) atoms. The highest BCUT2D eigenvalue weighted by Crippen LogP contribution is 2.37. The van der Waals surface area contributed by atoms with E-state index in [1.165, 1.54) is 30.9 Å². The van der Waals surface area contributed by atoms with Crippen molar-refractivity contribution in [2.24, 2.45) is 0 Å². The average Bonchev–Trinajstić information content (AvgIpc) is 3.04. The minimum absolute atomic E-state index is 0.0184. The largest absolute Gasteiger partial charge is 0.487 e. The minimum atomic E-state index is -0.458. The summed E-state index contributed by atoms with van der Waals surface area (Å²) < 4.78 is 11.8. The molecule has 1 aliphatic rings. The van der Waals surface area contributed by atoms with Crippen molar-refractivity contribution < 1.29 is 29.3 Å². The van der Waals surface area contributed by atoms with Crippen LogP contribution in [0.2, 0.25) is 0 Å². The number of esters is 1. The van der Waals surface area contributed by atoms with Crippen molar-refractivity contribution in [2.75, 3.05) is 26.3 Å². The molecule has 1 aliphatic heterocycles. The van der Waals surface area contributed by atoms with Gasteiger partial charge in [-0.2, -0.15) is 0 Å². The fraction of sp³-hybridized carbons (Fsp3) is 0.659. The van der Waals surface area contributed by atoms with E-state index in [0.29, 0.717) is 6.42 Å². The van der Waals surface area contributed by atoms with Crippen molar-refractivity contribution >= 4 is 18.0 Å². The number of nitrogens with zero attached hydrogens (tertiary/aromatic N) is 1. The van der Waals surface area contributed by atoms with E-state index < -0.39 is 5.97 Å². The highest BCUT2D eigenvalue weighted by atomic mass is 16.5. The van der Waals surface area contributed by atoms with E-state index >= 15 is 0 Å². The first-order chi connectivity index (χ1) is 23.0. The Morgan fingerprint density at radius 2 is 1.77 bits per heavy atom. The van der Waals surface area contributed by atoms with Crippen LogP contribution in [0.25, 0.3) is 6.08 Å². The molecule has 0 spiro atoms. The summed E-state index contributed by atoms with van der Waals surface area (Å²) in [5, 5.41) is 19.5. The van der Waals surface area contributed by atoms with E-state index in [1.807, 2.05) is 0 Å². The Morgan fingerprint density at radius 3 is 2.52 bits per heavy atom. The predicted molar refractivity (Wildman–Crippen MR) is 197 cm³/mol. The van der Waals surface area contributed by atoms with Gasteiger partial charge in [0.05, 0.1) is 19.3 Å². The lowest BCUT2D eigenvalue weighted by Gasteiger charge is -2.34. The fourth-order valence-electron chi connectivity index (χ4n) is 5.90. The second-order valence-electron chi connectivity index (χ2n) is 14.1. The van der Waals surface area contributed by atoms with Crippen molar-refractivity contribution in [3.05, 3.63) is 58.7 Å². The highest BCUT2D eigenvalue weighted by Gasteiger charge is 2.28. The molecular formula is C41H65NO6. The summed E-state index contributed by atoms with van der Waals surface area (Å²) in [6.07, 6.45) is 25.1. The van der Waals surface area contributed by atoms with Gasteiger partial charge in [-0.15, -0.1) is 0 Å². The van der Waals surface area contributed by atoms with E-state index in [4.69, 9.17) is 9.47 Å². The molecule has 2 N–H and O–H groups in total. The summed E-state index contributed by atoms with van der Waals surface area (Å²) in [5.74, 6) is 0.483. The molecule has 1 aromatic rings. The van der Waals surface area contributed by atoms with Gasteiger partial charge < -0.3 is 24.6 Å². The lowest BCUT2D eigenvalue weighted by molar-refractivity contribution is -0.141. The van der Waals surface area contributed by atoms with Crippen LogP contribution in [0.3, 0.4) is 0 Å². The molecule has 0 bridgehead atoms. The number of fused-ring (bicyclic) bond motifs is 1. The number of allylic oxidation sites excluding steroid dienone is 3. The maximum Gasteiger partial charge on any atom is 0.330 e. The third-order valence-electron chi connectivity index (χ3n) is 8.84. The Labute approximate surface area is 291 Å². The number of benzene rings is 1. The number of hydrogen-bond donors (Lipinski definition) is 2. The summed E-state index contributed by atoms with van der Waals surface area (Å²) in [5.41, 5.74) is 4.25. The molecule has 1 atom stereocenters. The van der Waals surface area contributed by atoms with Crippen LogP contribution in [0.4, 0.5) is 0 Å². The molecule has 1 aromatic carbocycles. The van der Waals surface area contributed by atoms with E-state index in [9.17, 15) is 19.8 Å². The zero-order valence-electron chi connectivity index (χ0n) is 30.7. The van der Waals surface area contributed by atoms with Gasteiger partial charge in [0.1, 0.15) is 18.0 Å². The lowest BCUT2D eigenvalue weighted by Crippen LogP contribution is -2.36.